The van der Waals surface area contributed by atoms with E-state index in [-0.39, 0.29) is 47.2 Å². The summed E-state index contributed by atoms with van der Waals surface area (Å²) in [6, 6.07) is -0.0735. The highest BCUT2D eigenvalue weighted by Crippen LogP contribution is 2.78. The fraction of sp³-hybridized carbons (Fsp3) is 1.00. The third kappa shape index (κ3) is 1.91. The van der Waals surface area contributed by atoms with E-state index in [2.05, 4.69) is 11.8 Å². The number of hydrogen-bond donors (Lipinski definition) is 4. The summed E-state index contributed by atoms with van der Waals surface area (Å²) in [5.74, 6) is -0.843. The Hall–Kier alpha value is -0.280. The molecule has 6 rings (SSSR count). The van der Waals surface area contributed by atoms with Crippen molar-refractivity contribution >= 4 is 0 Å². The van der Waals surface area contributed by atoms with Crippen LogP contribution in [0.15, 0.2) is 0 Å². The zero-order chi connectivity index (χ0) is 21.2. The van der Waals surface area contributed by atoms with Crippen LogP contribution in [0, 0.1) is 40.4 Å². The molecule has 4 N–H and O–H groups in total. The van der Waals surface area contributed by atoms with Gasteiger partial charge >= 0.3 is 0 Å². The molecule has 0 aromatic carbocycles. The van der Waals surface area contributed by atoms with Gasteiger partial charge in [-0.05, 0) is 31.7 Å². The molecule has 7 bridgehead atoms. The van der Waals surface area contributed by atoms with E-state index in [0.29, 0.717) is 19.4 Å². The number of hydrogen-bond acceptors (Lipinski definition) is 7. The highest BCUT2D eigenvalue weighted by molar-refractivity contribution is 5.35. The molecule has 1 unspecified atom stereocenters. The molecule has 0 aromatic heterocycles. The normalized spacial score (nSPS) is 63.3. The SMILES string of the molecule is CCN1C[C@]2(COC)CC[C@H](O)[C@]34C1[C@H]([C@H](O)[C@H]23)[C@@]1(O)C[C@H](OC)[C@H]2C[C@@H]4[C@@H]1[C@H]2O. The molecule has 1 spiro atoms. The van der Waals surface area contributed by atoms with Gasteiger partial charge in [0, 0.05) is 67.7 Å². The number of aliphatic hydroxyl groups excluding tert-OH is 3. The van der Waals surface area contributed by atoms with E-state index in [0.717, 1.165) is 25.9 Å². The monoisotopic (exact) mass is 423 g/mol. The molecule has 5 saturated carbocycles. The summed E-state index contributed by atoms with van der Waals surface area (Å²) in [6.07, 6.45) is 0.615. The molecule has 170 valence electrons. The quantitative estimate of drug-likeness (QED) is 0.499. The zero-order valence-corrected chi connectivity index (χ0v) is 18.3. The number of aliphatic hydroxyl groups is 4. The van der Waals surface area contributed by atoms with Crippen LogP contribution >= 0.6 is 0 Å². The first-order valence-electron chi connectivity index (χ1n) is 11.8. The van der Waals surface area contributed by atoms with Gasteiger partial charge in [0.2, 0.25) is 0 Å². The summed E-state index contributed by atoms with van der Waals surface area (Å²) in [5, 5.41) is 47.2. The topological polar surface area (TPSA) is 103 Å². The highest BCUT2D eigenvalue weighted by atomic mass is 16.5. The first-order valence-corrected chi connectivity index (χ1v) is 11.8. The van der Waals surface area contributed by atoms with Crippen LogP contribution in [0.2, 0.25) is 0 Å². The average Bonchev–Trinajstić information content (AvgIpc) is 3.11. The van der Waals surface area contributed by atoms with Crippen LogP contribution in [0.4, 0.5) is 0 Å². The molecule has 1 heterocycles. The number of piperidine rings is 1. The third-order valence-corrected chi connectivity index (χ3v) is 10.9. The smallest absolute Gasteiger partial charge is 0.0796 e. The zero-order valence-electron chi connectivity index (χ0n) is 18.3. The van der Waals surface area contributed by atoms with Crippen molar-refractivity contribution in [1.82, 2.24) is 4.90 Å². The van der Waals surface area contributed by atoms with E-state index in [1.165, 1.54) is 0 Å². The highest BCUT2D eigenvalue weighted by Gasteiger charge is 2.85. The second-order valence-corrected chi connectivity index (χ2v) is 11.3. The number of nitrogens with zero attached hydrogens (tertiary/aromatic N) is 1. The van der Waals surface area contributed by atoms with Crippen molar-refractivity contribution in [3.05, 3.63) is 0 Å². The van der Waals surface area contributed by atoms with Crippen LogP contribution in [0.25, 0.3) is 0 Å². The van der Waals surface area contributed by atoms with Crippen molar-refractivity contribution in [3.8, 4) is 0 Å². The molecule has 0 radical (unpaired) electrons. The molecule has 13 atom stereocenters. The lowest BCUT2D eigenvalue weighted by molar-refractivity contribution is -0.272. The van der Waals surface area contributed by atoms with Gasteiger partial charge in [0.15, 0.2) is 0 Å². The van der Waals surface area contributed by atoms with Crippen molar-refractivity contribution in [2.75, 3.05) is 33.9 Å². The molecule has 6 fully saturated rings. The molecular formula is C23H37NO6. The maximum atomic E-state index is 12.3. The van der Waals surface area contributed by atoms with Crippen LogP contribution in [0.5, 0.6) is 0 Å². The Labute approximate surface area is 178 Å². The van der Waals surface area contributed by atoms with Gasteiger partial charge in [0.25, 0.3) is 0 Å². The first kappa shape index (κ1) is 20.3. The predicted octanol–water partition coefficient (Wildman–Crippen LogP) is -0.152. The van der Waals surface area contributed by atoms with Crippen molar-refractivity contribution in [2.45, 2.75) is 68.7 Å². The van der Waals surface area contributed by atoms with Crippen molar-refractivity contribution < 1.29 is 29.9 Å². The summed E-state index contributed by atoms with van der Waals surface area (Å²) < 4.78 is 11.5. The summed E-state index contributed by atoms with van der Waals surface area (Å²) >= 11 is 0. The predicted molar refractivity (Wildman–Crippen MR) is 107 cm³/mol. The lowest BCUT2D eigenvalue weighted by Gasteiger charge is -2.68. The van der Waals surface area contributed by atoms with Gasteiger partial charge in [0.05, 0.1) is 36.6 Å². The van der Waals surface area contributed by atoms with Crippen molar-refractivity contribution in [1.29, 1.82) is 0 Å². The van der Waals surface area contributed by atoms with E-state index in [1.54, 1.807) is 14.2 Å². The van der Waals surface area contributed by atoms with E-state index in [9.17, 15) is 20.4 Å². The van der Waals surface area contributed by atoms with Crippen LogP contribution < -0.4 is 0 Å². The molecule has 0 aromatic rings. The fourth-order valence-corrected chi connectivity index (χ4v) is 10.4. The maximum Gasteiger partial charge on any atom is 0.0796 e. The number of rotatable bonds is 4. The van der Waals surface area contributed by atoms with Gasteiger partial charge in [-0.15, -0.1) is 0 Å². The van der Waals surface area contributed by atoms with Gasteiger partial charge in [-0.1, -0.05) is 6.92 Å². The molecule has 7 heteroatoms. The second kappa shape index (κ2) is 6.19. The van der Waals surface area contributed by atoms with Gasteiger partial charge in [-0.25, -0.2) is 0 Å². The second-order valence-electron chi connectivity index (χ2n) is 11.3. The van der Waals surface area contributed by atoms with Gasteiger partial charge in [-0.3, -0.25) is 4.90 Å². The Morgan fingerprint density at radius 1 is 1.10 bits per heavy atom. The number of fused-ring (bicyclic) bond motifs is 2. The van der Waals surface area contributed by atoms with E-state index >= 15 is 0 Å². The number of ether oxygens (including phenoxy) is 2. The van der Waals surface area contributed by atoms with E-state index in [4.69, 9.17) is 9.47 Å². The third-order valence-electron chi connectivity index (χ3n) is 10.9. The number of likely N-dealkylation sites (tertiary alicyclic amines) is 1. The Morgan fingerprint density at radius 2 is 1.87 bits per heavy atom. The van der Waals surface area contributed by atoms with Gasteiger partial charge in [0.1, 0.15) is 0 Å². The Balaban J connectivity index is 1.61. The molecule has 5 aliphatic carbocycles. The van der Waals surface area contributed by atoms with Gasteiger partial charge in [-0.2, -0.15) is 0 Å². The van der Waals surface area contributed by atoms with Gasteiger partial charge < -0.3 is 29.9 Å². The summed E-state index contributed by atoms with van der Waals surface area (Å²) in [7, 11) is 3.38. The summed E-state index contributed by atoms with van der Waals surface area (Å²) in [4.78, 5) is 2.42. The molecular weight excluding hydrogens is 386 g/mol. The number of methoxy groups -OCH3 is 2. The Morgan fingerprint density at radius 3 is 2.53 bits per heavy atom. The minimum Gasteiger partial charge on any atom is -0.392 e. The average molecular weight is 424 g/mol. The van der Waals surface area contributed by atoms with E-state index in [1.807, 2.05) is 0 Å². The lowest BCUT2D eigenvalue weighted by atomic mass is 9.43. The van der Waals surface area contributed by atoms with Crippen LogP contribution in [0.1, 0.15) is 32.6 Å². The minimum atomic E-state index is -1.18. The van der Waals surface area contributed by atoms with Crippen molar-refractivity contribution in [3.63, 3.8) is 0 Å². The van der Waals surface area contributed by atoms with E-state index < -0.39 is 29.3 Å². The summed E-state index contributed by atoms with van der Waals surface area (Å²) in [5.41, 5.74) is -1.92. The van der Waals surface area contributed by atoms with Crippen LogP contribution in [0.3, 0.4) is 0 Å². The molecule has 6 aliphatic rings. The molecule has 7 nitrogen and oxygen atoms in total. The molecule has 1 saturated heterocycles. The minimum absolute atomic E-state index is 0.0158. The van der Waals surface area contributed by atoms with Crippen LogP contribution in [-0.4, -0.2) is 95.3 Å². The lowest BCUT2D eigenvalue weighted by Crippen LogP contribution is -2.76. The Kier molecular flexibility index (Phi) is 4.19. The summed E-state index contributed by atoms with van der Waals surface area (Å²) in [6.45, 7) is 4.34. The van der Waals surface area contributed by atoms with Crippen LogP contribution in [-0.2, 0) is 9.47 Å². The first-order chi connectivity index (χ1) is 14.3. The Bertz CT molecular complexity index is 736. The largest absolute Gasteiger partial charge is 0.392 e. The maximum absolute atomic E-state index is 12.3. The standard InChI is InChI=1S/C23H37NO6/c1-4-24-9-21(10-29-2)6-5-14(25)23-12-7-11-13(30-3)8-22(28,15(12)17(11)26)16(20(23)24)18(27)19(21)23/h11-20,25-28H,4-10H2,1-3H3/t11-,12-,13+,14+,15-,16+,17+,18+,19-,20?,21+,22-,23+/m1/s1. The van der Waals surface area contributed by atoms with Crippen molar-refractivity contribution in [2.24, 2.45) is 40.4 Å². The molecule has 30 heavy (non-hydrogen) atoms. The molecule has 1 aliphatic heterocycles. The fourth-order valence-electron chi connectivity index (χ4n) is 10.4. The molecule has 0 amide bonds.